The molecule has 0 aliphatic carbocycles. The molecule has 0 aromatic heterocycles. The molecule has 4 nitrogen and oxygen atoms in total. The number of benzene rings is 2. The smallest absolute Gasteiger partial charge is 0.492 e. The van der Waals surface area contributed by atoms with E-state index in [0.29, 0.717) is 12.8 Å². The van der Waals surface area contributed by atoms with E-state index in [2.05, 4.69) is 4.84 Å². The molecule has 1 heterocycles. The Morgan fingerprint density at radius 3 is 2.40 bits per heavy atom. The van der Waals surface area contributed by atoms with Crippen molar-refractivity contribution in [1.82, 2.24) is 5.06 Å². The summed E-state index contributed by atoms with van der Waals surface area (Å²) in [5.41, 5.74) is 1.92. The predicted molar refractivity (Wildman–Crippen MR) is 104 cm³/mol. The van der Waals surface area contributed by atoms with Gasteiger partial charge in [-0.2, -0.15) is 13.2 Å². The van der Waals surface area contributed by atoms with Crippen LogP contribution in [0.3, 0.4) is 0 Å². The number of aryl methyl sites for hydroxylation is 1. The molecule has 9 heteroatoms. The zero-order chi connectivity index (χ0) is 21.9. The van der Waals surface area contributed by atoms with E-state index in [4.69, 9.17) is 4.74 Å². The van der Waals surface area contributed by atoms with Crippen LogP contribution in [-0.4, -0.2) is 37.4 Å². The van der Waals surface area contributed by atoms with Gasteiger partial charge in [0.05, 0.1) is 7.11 Å². The first-order valence-electron chi connectivity index (χ1n) is 9.33. The lowest BCUT2D eigenvalue weighted by molar-refractivity contribution is -0.241. The van der Waals surface area contributed by atoms with Crippen LogP contribution in [0.1, 0.15) is 29.9 Å². The van der Waals surface area contributed by atoms with Crippen LogP contribution in [-0.2, 0) is 9.63 Å². The Labute approximate surface area is 176 Å². The van der Waals surface area contributed by atoms with Crippen LogP contribution < -0.4 is 4.74 Å². The molecule has 2 aromatic rings. The average Bonchev–Trinajstić information content (AvgIpc) is 2.69. The molecule has 1 aliphatic heterocycles. The lowest BCUT2D eigenvalue weighted by atomic mass is 9.90. The van der Waals surface area contributed by atoms with Crippen LogP contribution in [0.25, 0.3) is 0 Å². The van der Waals surface area contributed by atoms with E-state index in [-0.39, 0.29) is 24.8 Å². The number of hydrogen-bond acceptors (Lipinski definition) is 5. The van der Waals surface area contributed by atoms with Crippen LogP contribution in [0.5, 0.6) is 5.75 Å². The fraction of sp³-hybridized carbons (Fsp3) is 0.381. The number of methoxy groups -OCH3 is 1. The minimum Gasteiger partial charge on any atom is -0.497 e. The van der Waals surface area contributed by atoms with E-state index in [1.165, 1.54) is 23.9 Å². The third-order valence-electron chi connectivity index (χ3n) is 4.91. The van der Waals surface area contributed by atoms with Gasteiger partial charge in [-0.05, 0) is 67.1 Å². The van der Waals surface area contributed by atoms with E-state index in [9.17, 15) is 22.4 Å². The third-order valence-corrected chi connectivity index (χ3v) is 6.17. The Morgan fingerprint density at radius 1 is 1.10 bits per heavy atom. The van der Waals surface area contributed by atoms with Gasteiger partial charge in [-0.1, -0.05) is 17.8 Å². The van der Waals surface area contributed by atoms with Gasteiger partial charge in [0.2, 0.25) is 0 Å². The second kappa shape index (κ2) is 9.26. The van der Waals surface area contributed by atoms with Crippen molar-refractivity contribution in [1.29, 1.82) is 0 Å². The quantitative estimate of drug-likeness (QED) is 0.571. The minimum absolute atomic E-state index is 0.0208. The van der Waals surface area contributed by atoms with Crippen LogP contribution in [0.15, 0.2) is 46.2 Å². The molecule has 0 amide bonds. The molecule has 30 heavy (non-hydrogen) atoms. The number of rotatable bonds is 5. The topological polar surface area (TPSA) is 38.8 Å². The van der Waals surface area contributed by atoms with E-state index in [1.54, 1.807) is 13.2 Å². The Hall–Kier alpha value is -2.26. The van der Waals surface area contributed by atoms with E-state index < -0.39 is 12.1 Å². The summed E-state index contributed by atoms with van der Waals surface area (Å²) in [4.78, 5) is 17.1. The molecule has 0 atom stereocenters. The molecule has 1 saturated heterocycles. The second-order valence-corrected chi connectivity index (χ2v) is 8.08. The van der Waals surface area contributed by atoms with Crippen molar-refractivity contribution < 1.29 is 31.9 Å². The SMILES string of the molecule is COc1ccc(Sc2cc(F)ccc2C2CCN(OC(=O)C(F)(F)F)CC2)c(C)c1. The summed E-state index contributed by atoms with van der Waals surface area (Å²) < 4.78 is 56.3. The van der Waals surface area contributed by atoms with Crippen LogP contribution in [0.2, 0.25) is 0 Å². The van der Waals surface area contributed by atoms with Crippen LogP contribution in [0, 0.1) is 12.7 Å². The summed E-state index contributed by atoms with van der Waals surface area (Å²) in [5, 5.41) is 1.04. The van der Waals surface area contributed by atoms with Crippen molar-refractivity contribution in [2.24, 2.45) is 0 Å². The number of nitrogens with zero attached hydrogens (tertiary/aromatic N) is 1. The molecular formula is C21H21F4NO3S. The molecule has 0 saturated carbocycles. The summed E-state index contributed by atoms with van der Waals surface area (Å²) >= 11 is 1.44. The maximum Gasteiger partial charge on any atom is 0.492 e. The van der Waals surface area contributed by atoms with Gasteiger partial charge in [0.1, 0.15) is 11.6 Å². The molecule has 162 valence electrons. The summed E-state index contributed by atoms with van der Waals surface area (Å²) in [7, 11) is 1.59. The zero-order valence-corrected chi connectivity index (χ0v) is 17.3. The number of alkyl halides is 3. The van der Waals surface area contributed by atoms with Crippen LogP contribution >= 0.6 is 11.8 Å². The lowest BCUT2D eigenvalue weighted by Crippen LogP contribution is -2.39. The summed E-state index contributed by atoms with van der Waals surface area (Å²) in [5.74, 6) is -1.82. The summed E-state index contributed by atoms with van der Waals surface area (Å²) in [6.07, 6.45) is -4.04. The summed E-state index contributed by atoms with van der Waals surface area (Å²) in [6, 6.07) is 10.2. The van der Waals surface area contributed by atoms with Gasteiger partial charge in [-0.25, -0.2) is 9.18 Å². The molecule has 0 unspecified atom stereocenters. The van der Waals surface area contributed by atoms with E-state index >= 15 is 0 Å². The number of halogens is 4. The van der Waals surface area contributed by atoms with E-state index in [0.717, 1.165) is 31.7 Å². The normalized spacial score (nSPS) is 15.8. The van der Waals surface area contributed by atoms with Crippen molar-refractivity contribution in [2.75, 3.05) is 20.2 Å². The van der Waals surface area contributed by atoms with Crippen molar-refractivity contribution >= 4 is 17.7 Å². The van der Waals surface area contributed by atoms with Crippen molar-refractivity contribution in [2.45, 2.75) is 41.7 Å². The Kier molecular flexibility index (Phi) is 6.92. The number of piperidine rings is 1. The number of carbonyl (C=O) groups is 1. The average molecular weight is 443 g/mol. The predicted octanol–water partition coefficient (Wildman–Crippen LogP) is 5.49. The Bertz CT molecular complexity index is 912. The Morgan fingerprint density at radius 2 is 1.80 bits per heavy atom. The van der Waals surface area contributed by atoms with Crippen molar-refractivity contribution in [3.63, 3.8) is 0 Å². The van der Waals surface area contributed by atoms with Gasteiger partial charge < -0.3 is 9.57 Å². The maximum absolute atomic E-state index is 13.9. The molecule has 0 radical (unpaired) electrons. The first-order valence-corrected chi connectivity index (χ1v) is 10.1. The fourth-order valence-electron chi connectivity index (χ4n) is 3.34. The standard InChI is InChI=1S/C21H21F4NO3S/c1-13-11-16(28-2)4-6-18(13)30-19-12-15(22)3-5-17(19)14-7-9-26(10-8-14)29-20(27)21(23,24)25/h3-6,11-12,14H,7-10H2,1-2H3. The zero-order valence-electron chi connectivity index (χ0n) is 16.5. The first kappa shape index (κ1) is 22.4. The highest BCUT2D eigenvalue weighted by Gasteiger charge is 2.43. The van der Waals surface area contributed by atoms with Gasteiger partial charge >= 0.3 is 12.1 Å². The van der Waals surface area contributed by atoms with Gasteiger partial charge in [0, 0.05) is 22.9 Å². The molecular weight excluding hydrogens is 422 g/mol. The minimum atomic E-state index is -5.02. The molecule has 2 aromatic carbocycles. The molecule has 1 fully saturated rings. The number of hydroxylamine groups is 2. The monoisotopic (exact) mass is 443 g/mol. The van der Waals surface area contributed by atoms with Gasteiger partial charge in [-0.3, -0.25) is 0 Å². The highest BCUT2D eigenvalue weighted by Crippen LogP contribution is 2.40. The van der Waals surface area contributed by atoms with Crippen molar-refractivity contribution in [3.8, 4) is 5.75 Å². The fourth-order valence-corrected chi connectivity index (χ4v) is 4.46. The number of carbonyl (C=O) groups excluding carboxylic acids is 1. The van der Waals surface area contributed by atoms with Gasteiger partial charge in [0.25, 0.3) is 0 Å². The van der Waals surface area contributed by atoms with Crippen LogP contribution in [0.4, 0.5) is 17.6 Å². The highest BCUT2D eigenvalue weighted by atomic mass is 32.2. The Balaban J connectivity index is 1.73. The first-order chi connectivity index (χ1) is 14.2. The summed E-state index contributed by atoms with van der Waals surface area (Å²) in [6.45, 7) is 2.29. The molecule has 1 aliphatic rings. The largest absolute Gasteiger partial charge is 0.497 e. The molecule has 0 bridgehead atoms. The number of hydrogen-bond donors (Lipinski definition) is 0. The molecule has 0 N–H and O–H groups in total. The molecule has 0 spiro atoms. The number of ether oxygens (including phenoxy) is 1. The lowest BCUT2D eigenvalue weighted by Gasteiger charge is -2.31. The van der Waals surface area contributed by atoms with E-state index in [1.807, 2.05) is 25.1 Å². The van der Waals surface area contributed by atoms with Gasteiger partial charge in [0.15, 0.2) is 0 Å². The van der Waals surface area contributed by atoms with Gasteiger partial charge in [-0.15, -0.1) is 5.06 Å². The second-order valence-electron chi connectivity index (χ2n) is 7.00. The molecule has 3 rings (SSSR count). The third kappa shape index (κ3) is 5.46. The highest BCUT2D eigenvalue weighted by molar-refractivity contribution is 7.99. The van der Waals surface area contributed by atoms with Crippen molar-refractivity contribution in [3.05, 3.63) is 53.3 Å². The maximum atomic E-state index is 13.9.